The number of alkyl halides is 3. The fourth-order valence-electron chi connectivity index (χ4n) is 3.44. The van der Waals surface area contributed by atoms with Crippen LogP contribution in [0.4, 0.5) is 17.6 Å². The molecule has 0 aliphatic heterocycles. The van der Waals surface area contributed by atoms with Crippen LogP contribution in [0.25, 0.3) is 22.6 Å². The van der Waals surface area contributed by atoms with Crippen molar-refractivity contribution in [2.45, 2.75) is 12.7 Å². The van der Waals surface area contributed by atoms with Crippen LogP contribution in [0.5, 0.6) is 0 Å². The van der Waals surface area contributed by atoms with Crippen molar-refractivity contribution in [3.05, 3.63) is 86.2 Å². The summed E-state index contributed by atoms with van der Waals surface area (Å²) < 4.78 is 59.9. The van der Waals surface area contributed by atoms with Gasteiger partial charge in [-0.2, -0.15) is 18.4 Å². The fourth-order valence-corrected chi connectivity index (χ4v) is 4.63. The number of nitriles is 1. The normalized spacial score (nSPS) is 12.1. The molecule has 0 unspecified atom stereocenters. The maximum atomic E-state index is 15.0. The number of rotatable bonds is 5. The maximum Gasteiger partial charge on any atom is 0.443 e. The Hall–Kier alpha value is -2.95. The number of hydrogen-bond acceptors (Lipinski definition) is 5. The standard InChI is InChI=1S/C23H11ClF4IN3O2S/c24-18-6-5-17-15(7-14(8-30)12-1-3-13(4-2-12)21(33)34-29)10-32(20(17)19(18)25)11-16-9-31-22(35-16)23(26,27)28/h1-7,9-10H,11H2/b14-7+. The topological polar surface area (TPSA) is 67.9 Å². The lowest BCUT2D eigenvalue weighted by Crippen LogP contribution is -2.03. The van der Waals surface area contributed by atoms with E-state index >= 15 is 0 Å². The third-order valence-corrected chi connectivity index (χ3v) is 6.73. The molecule has 2 heterocycles. The van der Waals surface area contributed by atoms with Crippen molar-refractivity contribution in [3.63, 3.8) is 0 Å². The minimum absolute atomic E-state index is 0.0790. The van der Waals surface area contributed by atoms with Gasteiger partial charge in [-0.15, -0.1) is 11.3 Å². The first kappa shape index (κ1) is 25.2. The van der Waals surface area contributed by atoms with Crippen molar-refractivity contribution in [1.82, 2.24) is 9.55 Å². The van der Waals surface area contributed by atoms with Crippen molar-refractivity contribution in [3.8, 4) is 6.07 Å². The number of benzene rings is 2. The second-order valence-electron chi connectivity index (χ2n) is 7.21. The Morgan fingerprint density at radius 1 is 1.23 bits per heavy atom. The van der Waals surface area contributed by atoms with Gasteiger partial charge in [0, 0.05) is 28.2 Å². The van der Waals surface area contributed by atoms with Crippen LogP contribution in [0.2, 0.25) is 5.02 Å². The summed E-state index contributed by atoms with van der Waals surface area (Å²) in [4.78, 5) is 15.3. The summed E-state index contributed by atoms with van der Waals surface area (Å²) in [5.41, 5.74) is 1.58. The first-order chi connectivity index (χ1) is 16.6. The SMILES string of the molecule is N#C/C(=C\c1cn(Cc2cnc(C(F)(F)F)s2)c2c(F)c(Cl)ccc12)c1ccc(C(=O)OI)cc1. The van der Waals surface area contributed by atoms with E-state index in [0.29, 0.717) is 33.4 Å². The number of aromatic nitrogens is 2. The molecule has 4 aromatic rings. The molecule has 0 saturated heterocycles. The third kappa shape index (κ3) is 5.19. The summed E-state index contributed by atoms with van der Waals surface area (Å²) in [7, 11) is 0. The van der Waals surface area contributed by atoms with Crippen LogP contribution in [-0.2, 0) is 15.8 Å². The van der Waals surface area contributed by atoms with E-state index in [1.807, 2.05) is 0 Å². The molecule has 0 atom stereocenters. The molecule has 4 rings (SSSR count). The maximum absolute atomic E-state index is 15.0. The summed E-state index contributed by atoms with van der Waals surface area (Å²) in [6.07, 6.45) is -0.406. The Balaban J connectivity index is 1.78. The van der Waals surface area contributed by atoms with Crippen molar-refractivity contribution in [2.75, 3.05) is 0 Å². The highest BCUT2D eigenvalue weighted by molar-refractivity contribution is 14.1. The van der Waals surface area contributed by atoms with E-state index in [0.717, 1.165) is 6.20 Å². The van der Waals surface area contributed by atoms with Crippen LogP contribution >= 0.6 is 45.9 Å². The quantitative estimate of drug-likeness (QED) is 0.130. The molecule has 0 radical (unpaired) electrons. The monoisotopic (exact) mass is 631 g/mol. The number of hydrogen-bond donors (Lipinski definition) is 0. The third-order valence-electron chi connectivity index (χ3n) is 5.01. The number of fused-ring (bicyclic) bond motifs is 1. The smallest absolute Gasteiger partial charge is 0.391 e. The van der Waals surface area contributed by atoms with E-state index < -0.39 is 23.0 Å². The predicted octanol–water partition coefficient (Wildman–Crippen LogP) is 7.53. The van der Waals surface area contributed by atoms with Gasteiger partial charge in [0.25, 0.3) is 0 Å². The van der Waals surface area contributed by atoms with E-state index in [1.54, 1.807) is 18.2 Å². The zero-order chi connectivity index (χ0) is 25.3. The van der Waals surface area contributed by atoms with Gasteiger partial charge in [-0.1, -0.05) is 29.8 Å². The number of nitrogens with zero attached hydrogens (tertiary/aromatic N) is 3. The second kappa shape index (κ2) is 9.96. The highest BCUT2D eigenvalue weighted by Gasteiger charge is 2.34. The molecule has 0 spiro atoms. The lowest BCUT2D eigenvalue weighted by molar-refractivity contribution is -0.137. The van der Waals surface area contributed by atoms with Gasteiger partial charge in [-0.25, -0.2) is 14.2 Å². The van der Waals surface area contributed by atoms with Gasteiger partial charge in [-0.05, 0) is 29.8 Å². The van der Waals surface area contributed by atoms with E-state index in [9.17, 15) is 27.6 Å². The lowest BCUT2D eigenvalue weighted by Gasteiger charge is -2.05. The number of halogens is 6. The molecule has 0 N–H and O–H groups in total. The van der Waals surface area contributed by atoms with Gasteiger partial charge in [0.1, 0.15) is 0 Å². The molecular weight excluding hydrogens is 621 g/mol. The molecule has 2 aromatic heterocycles. The van der Waals surface area contributed by atoms with Crippen LogP contribution in [-0.4, -0.2) is 15.5 Å². The molecule has 0 saturated carbocycles. The van der Waals surface area contributed by atoms with Gasteiger partial charge in [0.05, 0.1) is 34.3 Å². The van der Waals surface area contributed by atoms with Gasteiger partial charge >= 0.3 is 12.1 Å². The molecule has 0 bridgehead atoms. The van der Waals surface area contributed by atoms with Crippen LogP contribution in [0.3, 0.4) is 0 Å². The number of carbonyl (C=O) groups excluding carboxylic acids is 1. The van der Waals surface area contributed by atoms with Crippen molar-refractivity contribution in [1.29, 1.82) is 5.26 Å². The van der Waals surface area contributed by atoms with Crippen molar-refractivity contribution >= 4 is 74.5 Å². The van der Waals surface area contributed by atoms with Gasteiger partial charge in [0.15, 0.2) is 33.8 Å². The average molecular weight is 632 g/mol. The zero-order valence-corrected chi connectivity index (χ0v) is 21.0. The zero-order valence-electron chi connectivity index (χ0n) is 17.2. The summed E-state index contributed by atoms with van der Waals surface area (Å²) in [5.74, 6) is -1.27. The summed E-state index contributed by atoms with van der Waals surface area (Å²) >= 11 is 7.90. The minimum atomic E-state index is -4.57. The Morgan fingerprint density at radius 3 is 2.51 bits per heavy atom. The lowest BCUT2D eigenvalue weighted by atomic mass is 10.0. The van der Waals surface area contributed by atoms with Gasteiger partial charge in [0.2, 0.25) is 0 Å². The second-order valence-corrected chi connectivity index (χ2v) is 9.17. The molecule has 5 nitrogen and oxygen atoms in total. The Morgan fingerprint density at radius 2 is 1.91 bits per heavy atom. The van der Waals surface area contributed by atoms with Crippen molar-refractivity contribution < 1.29 is 25.4 Å². The highest BCUT2D eigenvalue weighted by atomic mass is 127. The summed E-state index contributed by atoms with van der Waals surface area (Å²) in [5, 5.41) is 9.01. The molecule has 0 aliphatic rings. The molecule has 0 amide bonds. The predicted molar refractivity (Wildman–Crippen MR) is 132 cm³/mol. The molecular formula is C23H11ClF4IN3O2S. The first-order valence-corrected chi connectivity index (χ1v) is 11.7. The Bertz CT molecular complexity index is 1500. The Labute approximate surface area is 218 Å². The molecule has 0 aliphatic carbocycles. The molecule has 2 aromatic carbocycles. The Kier molecular flexibility index (Phi) is 7.16. The molecule has 12 heteroatoms. The summed E-state index contributed by atoms with van der Waals surface area (Å²) in [6, 6.07) is 11.2. The largest absolute Gasteiger partial charge is 0.443 e. The number of carbonyl (C=O) groups is 1. The minimum Gasteiger partial charge on any atom is -0.391 e. The van der Waals surface area contributed by atoms with E-state index in [4.69, 9.17) is 11.6 Å². The van der Waals surface area contributed by atoms with Crippen LogP contribution in [0.1, 0.15) is 31.4 Å². The van der Waals surface area contributed by atoms with Gasteiger partial charge in [-0.3, -0.25) is 0 Å². The van der Waals surface area contributed by atoms with E-state index in [-0.39, 0.29) is 27.5 Å². The van der Waals surface area contributed by atoms with Crippen LogP contribution in [0.15, 0.2) is 48.8 Å². The van der Waals surface area contributed by atoms with Crippen LogP contribution in [0, 0.1) is 17.1 Å². The van der Waals surface area contributed by atoms with Crippen LogP contribution < -0.4 is 0 Å². The fraction of sp³-hybridized carbons (Fsp3) is 0.0870. The molecule has 0 fully saturated rings. The van der Waals surface area contributed by atoms with Crippen molar-refractivity contribution in [2.24, 2.45) is 0 Å². The first-order valence-electron chi connectivity index (χ1n) is 9.66. The molecule has 178 valence electrons. The number of thiazole rings is 1. The van der Waals surface area contributed by atoms with E-state index in [1.165, 1.54) is 58.0 Å². The molecule has 35 heavy (non-hydrogen) atoms. The number of allylic oxidation sites excluding steroid dienone is 1. The highest BCUT2D eigenvalue weighted by Crippen LogP contribution is 2.35. The summed E-state index contributed by atoms with van der Waals surface area (Å²) in [6.45, 7) is -0.0790. The van der Waals surface area contributed by atoms with Gasteiger partial charge < -0.3 is 7.63 Å². The van der Waals surface area contributed by atoms with E-state index in [2.05, 4.69) is 14.1 Å². The average Bonchev–Trinajstić information content (AvgIpc) is 3.45.